The minimum Gasteiger partial charge on any atom is -0.455 e. The Kier molecular flexibility index (Phi) is 4.66. The molecule has 0 fully saturated rings. The van der Waals surface area contributed by atoms with Gasteiger partial charge in [-0.3, -0.25) is 0 Å². The summed E-state index contributed by atoms with van der Waals surface area (Å²) < 4.78 is 48.6. The van der Waals surface area contributed by atoms with Crippen molar-refractivity contribution in [3.63, 3.8) is 0 Å². The lowest BCUT2D eigenvalue weighted by atomic mass is 9.83. The molecule has 0 radical (unpaired) electrons. The van der Waals surface area contributed by atoms with Crippen molar-refractivity contribution in [2.75, 3.05) is 0 Å². The van der Waals surface area contributed by atoms with Gasteiger partial charge in [0.1, 0.15) is 11.2 Å². The molecule has 0 spiro atoms. The van der Waals surface area contributed by atoms with Gasteiger partial charge < -0.3 is 4.42 Å². The summed E-state index contributed by atoms with van der Waals surface area (Å²) >= 11 is 0. The van der Waals surface area contributed by atoms with E-state index in [2.05, 4.69) is 109 Å². The molecule has 0 unspecified atom stereocenters. The summed E-state index contributed by atoms with van der Waals surface area (Å²) in [5, 5.41) is 8.85. The Morgan fingerprint density at radius 3 is 1.72 bits per heavy atom. The van der Waals surface area contributed by atoms with E-state index in [0.717, 1.165) is 32.7 Å². The SMILES string of the molecule is [2H]c1c([2H])c([2H])c(-c2cccc3c2oc2cccc(-c4ccc5ccc6c(-c7ccccc7)cc(-c7ccccc7)c7ccc4c5c67)c23)c([2H])c1[2H]. The van der Waals surface area contributed by atoms with Crippen molar-refractivity contribution < 1.29 is 11.3 Å². The molecule has 1 aromatic heterocycles. The molecule has 0 amide bonds. The van der Waals surface area contributed by atoms with Crippen LogP contribution in [0.2, 0.25) is 0 Å². The Morgan fingerprint density at radius 2 is 1.00 bits per heavy atom. The Morgan fingerprint density at radius 1 is 0.383 bits per heavy atom. The maximum atomic E-state index is 8.68. The lowest BCUT2D eigenvalue weighted by Crippen LogP contribution is -1.92. The van der Waals surface area contributed by atoms with Gasteiger partial charge in [0.2, 0.25) is 0 Å². The molecule has 1 heterocycles. The molecule has 10 rings (SSSR count). The van der Waals surface area contributed by atoms with E-state index in [4.69, 9.17) is 11.3 Å². The van der Waals surface area contributed by atoms with Crippen LogP contribution in [0.25, 0.3) is 98.8 Å². The predicted molar refractivity (Wildman–Crippen MR) is 199 cm³/mol. The third kappa shape index (κ3) is 3.90. The number of furan rings is 1. The van der Waals surface area contributed by atoms with Crippen molar-refractivity contribution in [2.45, 2.75) is 0 Å². The highest BCUT2D eigenvalue weighted by Gasteiger charge is 2.21. The molecular weight excluding hydrogens is 569 g/mol. The largest absolute Gasteiger partial charge is 0.455 e. The standard InChI is InChI=1S/C46H28O/c1-4-12-29(13-5-1)33-18-10-20-39-44-35(19-11-21-42(44)47-46(33)39)34-24-22-32-23-25-37-40(30-14-6-2-7-15-30)28-41(31-16-8-3-9-17-31)38-27-26-36(34)43(32)45(37)38/h1-28H/i1D,4D,5D,12D,13D. The molecule has 47 heavy (non-hydrogen) atoms. The van der Waals surface area contributed by atoms with Crippen molar-refractivity contribution in [3.05, 3.63) is 170 Å². The number of fused-ring (bicyclic) bond motifs is 3. The van der Waals surface area contributed by atoms with E-state index in [1.807, 2.05) is 24.3 Å². The van der Waals surface area contributed by atoms with Gasteiger partial charge in [0.25, 0.3) is 0 Å². The Labute approximate surface area is 279 Å². The fourth-order valence-corrected chi connectivity index (χ4v) is 7.50. The molecule has 1 nitrogen and oxygen atoms in total. The summed E-state index contributed by atoms with van der Waals surface area (Å²) in [5.41, 5.74) is 8.53. The fraction of sp³-hybridized carbons (Fsp3) is 0. The molecule has 0 aliphatic carbocycles. The van der Waals surface area contributed by atoms with Gasteiger partial charge in [0.15, 0.2) is 0 Å². The van der Waals surface area contributed by atoms with Crippen LogP contribution >= 0.6 is 0 Å². The van der Waals surface area contributed by atoms with E-state index in [-0.39, 0.29) is 29.7 Å². The quantitative estimate of drug-likeness (QED) is 0.183. The van der Waals surface area contributed by atoms with Gasteiger partial charge in [-0.2, -0.15) is 0 Å². The smallest absolute Gasteiger partial charge is 0.143 e. The zero-order chi connectivity index (χ0) is 35.2. The highest BCUT2D eigenvalue weighted by atomic mass is 16.3. The summed E-state index contributed by atoms with van der Waals surface area (Å²) in [4.78, 5) is 0. The topological polar surface area (TPSA) is 13.1 Å². The highest BCUT2D eigenvalue weighted by Crippen LogP contribution is 2.47. The molecule has 0 bridgehead atoms. The summed E-state index contributed by atoms with van der Waals surface area (Å²) in [6, 6.07) is 46.9. The van der Waals surface area contributed by atoms with Gasteiger partial charge in [-0.15, -0.1) is 0 Å². The van der Waals surface area contributed by atoms with Crippen LogP contribution in [0.15, 0.2) is 174 Å². The second kappa shape index (κ2) is 10.2. The van der Waals surface area contributed by atoms with Gasteiger partial charge in [-0.1, -0.05) is 158 Å². The van der Waals surface area contributed by atoms with Crippen molar-refractivity contribution >= 4 is 54.3 Å². The van der Waals surface area contributed by atoms with Gasteiger partial charge >= 0.3 is 0 Å². The van der Waals surface area contributed by atoms with E-state index >= 15 is 0 Å². The van der Waals surface area contributed by atoms with Crippen molar-refractivity contribution in [2.24, 2.45) is 0 Å². The molecular formula is C46H28O. The average molecular weight is 602 g/mol. The molecule has 0 saturated heterocycles. The van der Waals surface area contributed by atoms with Gasteiger partial charge in [-0.25, -0.2) is 0 Å². The summed E-state index contributed by atoms with van der Waals surface area (Å²) in [5.74, 6) is 0. The second-order valence-electron chi connectivity index (χ2n) is 12.0. The monoisotopic (exact) mass is 601 g/mol. The van der Waals surface area contributed by atoms with Crippen LogP contribution in [0.5, 0.6) is 0 Å². The number of rotatable bonds is 4. The lowest BCUT2D eigenvalue weighted by Gasteiger charge is -2.19. The first kappa shape index (κ1) is 21.5. The van der Waals surface area contributed by atoms with Crippen LogP contribution in [0.4, 0.5) is 0 Å². The molecule has 0 aliphatic heterocycles. The molecule has 0 aliphatic rings. The highest BCUT2D eigenvalue weighted by molar-refractivity contribution is 6.31. The normalized spacial score (nSPS) is 13.3. The number of para-hydroxylation sites is 1. The maximum Gasteiger partial charge on any atom is 0.143 e. The Balaban J connectivity index is 1.28. The minimum atomic E-state index is -0.418. The third-order valence-electron chi connectivity index (χ3n) is 9.53. The van der Waals surface area contributed by atoms with Crippen LogP contribution < -0.4 is 0 Å². The van der Waals surface area contributed by atoms with Gasteiger partial charge in [0.05, 0.1) is 6.85 Å². The average Bonchev–Trinajstić information content (AvgIpc) is 3.59. The number of hydrogen-bond acceptors (Lipinski definition) is 1. The van der Waals surface area contributed by atoms with Crippen LogP contribution in [-0.4, -0.2) is 0 Å². The molecule has 10 aromatic rings. The molecule has 9 aromatic carbocycles. The minimum absolute atomic E-state index is 0.128. The van der Waals surface area contributed by atoms with Crippen molar-refractivity contribution in [1.82, 2.24) is 0 Å². The van der Waals surface area contributed by atoms with E-state index in [9.17, 15) is 0 Å². The second-order valence-corrected chi connectivity index (χ2v) is 12.0. The number of hydrogen-bond donors (Lipinski definition) is 0. The van der Waals surface area contributed by atoms with Gasteiger partial charge in [0, 0.05) is 16.3 Å². The van der Waals surface area contributed by atoms with Crippen LogP contribution in [0.1, 0.15) is 6.85 Å². The zero-order valence-electron chi connectivity index (χ0n) is 30.2. The molecule has 0 N–H and O–H groups in total. The van der Waals surface area contributed by atoms with E-state index in [1.54, 1.807) is 6.07 Å². The van der Waals surface area contributed by atoms with Crippen LogP contribution in [0, 0.1) is 0 Å². The summed E-state index contributed by atoms with van der Waals surface area (Å²) in [6.07, 6.45) is 0. The fourth-order valence-electron chi connectivity index (χ4n) is 7.50. The number of benzene rings is 9. The molecule has 1 heteroatoms. The molecule has 0 atom stereocenters. The first-order valence-electron chi connectivity index (χ1n) is 18.3. The maximum absolute atomic E-state index is 8.68. The Hall–Kier alpha value is -6.18. The Bertz CT molecular complexity index is 2970. The molecule has 218 valence electrons. The first-order chi connectivity index (χ1) is 25.4. The lowest BCUT2D eigenvalue weighted by molar-refractivity contribution is 0.670. The summed E-state index contributed by atoms with van der Waals surface area (Å²) in [6.45, 7) is 0. The zero-order valence-corrected chi connectivity index (χ0v) is 25.2. The molecule has 0 saturated carbocycles. The van der Waals surface area contributed by atoms with E-state index in [1.165, 1.54) is 43.8 Å². The van der Waals surface area contributed by atoms with Gasteiger partial charge in [-0.05, 0) is 83.4 Å². The van der Waals surface area contributed by atoms with E-state index < -0.39 is 6.04 Å². The third-order valence-corrected chi connectivity index (χ3v) is 9.53. The van der Waals surface area contributed by atoms with E-state index in [0.29, 0.717) is 16.7 Å². The van der Waals surface area contributed by atoms with Crippen LogP contribution in [0.3, 0.4) is 0 Å². The predicted octanol–water partition coefficient (Wildman–Crippen LogP) is 13.2. The summed E-state index contributed by atoms with van der Waals surface area (Å²) in [7, 11) is 0. The van der Waals surface area contributed by atoms with Crippen LogP contribution in [-0.2, 0) is 0 Å². The van der Waals surface area contributed by atoms with Crippen molar-refractivity contribution in [1.29, 1.82) is 0 Å². The first-order valence-corrected chi connectivity index (χ1v) is 15.8. The van der Waals surface area contributed by atoms with Crippen molar-refractivity contribution in [3.8, 4) is 44.5 Å².